The van der Waals surface area contributed by atoms with Gasteiger partial charge in [-0.05, 0) is 17.7 Å². The van der Waals surface area contributed by atoms with Crippen LogP contribution in [0.15, 0.2) is 28.7 Å². The summed E-state index contributed by atoms with van der Waals surface area (Å²) in [6, 6.07) is 7.53. The summed E-state index contributed by atoms with van der Waals surface area (Å²) in [6.07, 6.45) is -0.600. The number of nitrogens with zero attached hydrogens (tertiary/aromatic N) is 1. The van der Waals surface area contributed by atoms with Crippen molar-refractivity contribution in [3.63, 3.8) is 0 Å². The van der Waals surface area contributed by atoms with E-state index in [-0.39, 0.29) is 5.91 Å². The Kier molecular flexibility index (Phi) is 2.80. The van der Waals surface area contributed by atoms with Crippen LogP contribution < -0.4 is 0 Å². The molecule has 0 bridgehead atoms. The largest absolute Gasteiger partial charge is 0.390 e. The molecule has 1 N–H and O–H groups in total. The van der Waals surface area contributed by atoms with Crippen LogP contribution in [0.4, 0.5) is 0 Å². The molecule has 4 heteroatoms. The van der Waals surface area contributed by atoms with Gasteiger partial charge in [-0.25, -0.2) is 0 Å². The summed E-state index contributed by atoms with van der Waals surface area (Å²) in [5, 5.41) is 9.80. The number of hydrogen-bond acceptors (Lipinski definition) is 2. The molecule has 0 aliphatic carbocycles. The minimum Gasteiger partial charge on any atom is -0.390 e. The fraction of sp³-hybridized carbons (Fsp3) is 0.364. The summed E-state index contributed by atoms with van der Waals surface area (Å²) >= 11 is 3.36. The highest BCUT2D eigenvalue weighted by Crippen LogP contribution is 2.29. The lowest BCUT2D eigenvalue weighted by molar-refractivity contribution is -0.128. The lowest BCUT2D eigenvalue weighted by Crippen LogP contribution is -2.21. The quantitative estimate of drug-likeness (QED) is 0.837. The number of halogens is 1. The summed E-state index contributed by atoms with van der Waals surface area (Å²) in [4.78, 5) is 13.3. The maximum Gasteiger partial charge on any atom is 0.232 e. The molecule has 1 heterocycles. The van der Waals surface area contributed by atoms with Crippen molar-refractivity contribution in [2.24, 2.45) is 0 Å². The summed E-state index contributed by atoms with van der Waals surface area (Å²) in [5.74, 6) is -0.423. The summed E-state index contributed by atoms with van der Waals surface area (Å²) in [7, 11) is 1.71. The van der Waals surface area contributed by atoms with Gasteiger partial charge >= 0.3 is 0 Å². The highest BCUT2D eigenvalue weighted by Gasteiger charge is 2.38. The van der Waals surface area contributed by atoms with E-state index < -0.39 is 12.0 Å². The second-order valence-electron chi connectivity index (χ2n) is 3.82. The van der Waals surface area contributed by atoms with Gasteiger partial charge in [-0.2, -0.15) is 0 Å². The molecule has 1 fully saturated rings. The van der Waals surface area contributed by atoms with Crippen LogP contribution in [0.25, 0.3) is 0 Å². The molecule has 1 aliphatic rings. The van der Waals surface area contributed by atoms with Crippen molar-refractivity contribution in [1.29, 1.82) is 0 Å². The van der Waals surface area contributed by atoms with Gasteiger partial charge in [-0.3, -0.25) is 4.79 Å². The van der Waals surface area contributed by atoms with Gasteiger partial charge in [0.05, 0.1) is 12.0 Å². The molecule has 1 saturated heterocycles. The molecular weight excluding hydrogens is 258 g/mol. The Balaban J connectivity index is 2.35. The maximum absolute atomic E-state index is 11.8. The maximum atomic E-state index is 11.8. The molecule has 1 aliphatic heterocycles. The number of likely N-dealkylation sites (N-methyl/N-ethyl adjacent to an activating group) is 1. The third-order valence-corrected chi connectivity index (χ3v) is 3.19. The molecular formula is C11H12BrNO2. The van der Waals surface area contributed by atoms with Crippen molar-refractivity contribution >= 4 is 21.8 Å². The van der Waals surface area contributed by atoms with Crippen LogP contribution in [0, 0.1) is 0 Å². The first-order valence-corrected chi connectivity index (χ1v) is 5.57. The summed E-state index contributed by atoms with van der Waals surface area (Å²) in [5.41, 5.74) is 0.867. The van der Waals surface area contributed by atoms with Crippen LogP contribution in [0.5, 0.6) is 0 Å². The number of rotatable bonds is 1. The number of hydrogen-bond donors (Lipinski definition) is 1. The monoisotopic (exact) mass is 269 g/mol. The first-order chi connectivity index (χ1) is 7.09. The van der Waals surface area contributed by atoms with Gasteiger partial charge in [0, 0.05) is 18.1 Å². The summed E-state index contributed by atoms with van der Waals surface area (Å²) in [6.45, 7) is 0.413. The Morgan fingerprint density at radius 3 is 2.80 bits per heavy atom. The predicted octanol–water partition coefficient (Wildman–Crippen LogP) is 1.37. The minimum absolute atomic E-state index is 0.0133. The van der Waals surface area contributed by atoms with Gasteiger partial charge in [-0.15, -0.1) is 0 Å². The van der Waals surface area contributed by atoms with Crippen molar-refractivity contribution in [3.8, 4) is 0 Å². The number of aliphatic hydroxyl groups is 1. The molecule has 15 heavy (non-hydrogen) atoms. The number of aliphatic hydroxyl groups excluding tert-OH is 1. The highest BCUT2D eigenvalue weighted by molar-refractivity contribution is 9.10. The Hall–Kier alpha value is -0.870. The van der Waals surface area contributed by atoms with Gasteiger partial charge in [0.2, 0.25) is 5.91 Å². The van der Waals surface area contributed by atoms with Crippen LogP contribution in [-0.4, -0.2) is 35.6 Å². The molecule has 0 spiro atoms. The second-order valence-corrected chi connectivity index (χ2v) is 4.73. The van der Waals surface area contributed by atoms with Crippen LogP contribution in [-0.2, 0) is 4.79 Å². The molecule has 2 rings (SSSR count). The predicted molar refractivity (Wildman–Crippen MR) is 60.5 cm³/mol. The molecule has 1 aromatic carbocycles. The van der Waals surface area contributed by atoms with E-state index in [0.717, 1.165) is 10.0 Å². The number of benzene rings is 1. The van der Waals surface area contributed by atoms with Gasteiger partial charge in [0.1, 0.15) is 0 Å². The fourth-order valence-corrected chi connectivity index (χ4v) is 2.36. The Bertz CT molecular complexity index is 394. The smallest absolute Gasteiger partial charge is 0.232 e. The Labute approximate surface area is 96.8 Å². The van der Waals surface area contributed by atoms with E-state index in [2.05, 4.69) is 15.9 Å². The lowest BCUT2D eigenvalue weighted by atomic mass is 9.96. The first-order valence-electron chi connectivity index (χ1n) is 4.78. The SMILES string of the molecule is CN1CC(O)C(c2cccc(Br)c2)C1=O. The van der Waals surface area contributed by atoms with E-state index >= 15 is 0 Å². The topological polar surface area (TPSA) is 40.5 Å². The normalized spacial score (nSPS) is 26.1. The lowest BCUT2D eigenvalue weighted by Gasteiger charge is -2.12. The molecule has 1 aromatic rings. The van der Waals surface area contributed by atoms with Gasteiger partial charge in [0.25, 0.3) is 0 Å². The number of amides is 1. The molecule has 3 nitrogen and oxygen atoms in total. The van der Waals surface area contributed by atoms with E-state index in [1.165, 1.54) is 0 Å². The number of β-amino-alcohol motifs (C(OH)–C–C–N with tert-alkyl or cyclic N) is 1. The molecule has 2 unspecified atom stereocenters. The van der Waals surface area contributed by atoms with Crippen molar-refractivity contribution in [2.45, 2.75) is 12.0 Å². The van der Waals surface area contributed by atoms with Gasteiger partial charge in [0.15, 0.2) is 0 Å². The zero-order valence-electron chi connectivity index (χ0n) is 8.35. The van der Waals surface area contributed by atoms with Crippen LogP contribution in [0.2, 0.25) is 0 Å². The van der Waals surface area contributed by atoms with Crippen LogP contribution >= 0.6 is 15.9 Å². The number of carbonyl (C=O) groups is 1. The molecule has 0 radical (unpaired) electrons. The van der Waals surface area contributed by atoms with Crippen LogP contribution in [0.1, 0.15) is 11.5 Å². The van der Waals surface area contributed by atoms with Crippen molar-refractivity contribution < 1.29 is 9.90 Å². The Morgan fingerprint density at radius 1 is 1.53 bits per heavy atom. The summed E-state index contributed by atoms with van der Waals surface area (Å²) < 4.78 is 0.926. The highest BCUT2D eigenvalue weighted by atomic mass is 79.9. The Morgan fingerprint density at radius 2 is 2.27 bits per heavy atom. The minimum atomic E-state index is -0.600. The van der Waals surface area contributed by atoms with E-state index in [1.807, 2.05) is 24.3 Å². The molecule has 0 aromatic heterocycles. The number of carbonyl (C=O) groups excluding carboxylic acids is 1. The van der Waals surface area contributed by atoms with Gasteiger partial charge < -0.3 is 10.0 Å². The van der Waals surface area contributed by atoms with E-state index in [9.17, 15) is 9.90 Å². The zero-order valence-corrected chi connectivity index (χ0v) is 9.94. The average Bonchev–Trinajstić information content (AvgIpc) is 2.41. The molecule has 2 atom stereocenters. The molecule has 1 amide bonds. The fourth-order valence-electron chi connectivity index (χ4n) is 1.94. The average molecular weight is 270 g/mol. The standard InChI is InChI=1S/C11H12BrNO2/c1-13-6-9(14)10(11(13)15)7-3-2-4-8(12)5-7/h2-5,9-10,14H,6H2,1H3. The van der Waals surface area contributed by atoms with Crippen molar-refractivity contribution in [2.75, 3.05) is 13.6 Å². The van der Waals surface area contributed by atoms with Crippen LogP contribution in [0.3, 0.4) is 0 Å². The molecule has 0 saturated carbocycles. The third kappa shape index (κ3) is 1.92. The first kappa shape index (κ1) is 10.6. The number of likely N-dealkylation sites (tertiary alicyclic amines) is 1. The second kappa shape index (κ2) is 3.94. The molecule has 80 valence electrons. The van der Waals surface area contributed by atoms with E-state index in [4.69, 9.17) is 0 Å². The van der Waals surface area contributed by atoms with Crippen molar-refractivity contribution in [3.05, 3.63) is 34.3 Å². The van der Waals surface area contributed by atoms with Gasteiger partial charge in [-0.1, -0.05) is 28.1 Å². The third-order valence-electron chi connectivity index (χ3n) is 2.70. The van der Waals surface area contributed by atoms with E-state index in [0.29, 0.717) is 6.54 Å². The van der Waals surface area contributed by atoms with Crippen molar-refractivity contribution in [1.82, 2.24) is 4.90 Å². The van der Waals surface area contributed by atoms with E-state index in [1.54, 1.807) is 11.9 Å². The zero-order chi connectivity index (χ0) is 11.0.